The number of rotatable bonds is 11. The molecule has 4 nitrogen and oxygen atoms in total. The van der Waals surface area contributed by atoms with Gasteiger partial charge in [0.15, 0.2) is 0 Å². The second-order valence-corrected chi connectivity index (χ2v) is 8.03. The van der Waals surface area contributed by atoms with Gasteiger partial charge in [0.05, 0.1) is 25.4 Å². The van der Waals surface area contributed by atoms with Crippen LogP contribution in [-0.2, 0) is 9.47 Å². The van der Waals surface area contributed by atoms with Crippen LogP contribution in [0, 0.1) is 23.7 Å². The van der Waals surface area contributed by atoms with Crippen LogP contribution in [0.5, 0.6) is 0 Å². The Kier molecular flexibility index (Phi) is 8.31. The average Bonchev–Trinajstić information content (AvgIpc) is 3.10. The van der Waals surface area contributed by atoms with Gasteiger partial charge in [-0.25, -0.2) is 0 Å². The number of ether oxygens (including phenoxy) is 2. The standard InChI is InChI=1S/C19H38N2O2/c1-5-15(4)7-6-8-20-10-16-12-22-19-17(13-23-18(16)19)11-21-9-14(2)3/h14-21H,5-13H2,1-4H3. The predicted octanol–water partition coefficient (Wildman–Crippen LogP) is 2.68. The zero-order chi connectivity index (χ0) is 16.7. The Hall–Kier alpha value is -0.160. The first-order valence-electron chi connectivity index (χ1n) is 9.76. The minimum Gasteiger partial charge on any atom is -0.375 e. The van der Waals surface area contributed by atoms with E-state index in [-0.39, 0.29) is 0 Å². The maximum atomic E-state index is 6.07. The lowest BCUT2D eigenvalue weighted by Crippen LogP contribution is -2.36. The summed E-state index contributed by atoms with van der Waals surface area (Å²) in [6, 6.07) is 0. The Balaban J connectivity index is 1.60. The van der Waals surface area contributed by atoms with E-state index in [1.54, 1.807) is 0 Å². The molecule has 5 atom stereocenters. The molecule has 0 aromatic carbocycles. The van der Waals surface area contributed by atoms with Gasteiger partial charge in [0, 0.05) is 24.9 Å². The van der Waals surface area contributed by atoms with Crippen LogP contribution in [0.15, 0.2) is 0 Å². The lowest BCUT2D eigenvalue weighted by Gasteiger charge is -2.18. The molecule has 2 rings (SSSR count). The highest BCUT2D eigenvalue weighted by Gasteiger charge is 2.46. The van der Waals surface area contributed by atoms with Crippen LogP contribution in [0.1, 0.15) is 47.0 Å². The molecule has 0 saturated carbocycles. The highest BCUT2D eigenvalue weighted by Crippen LogP contribution is 2.34. The van der Waals surface area contributed by atoms with E-state index in [1.165, 1.54) is 19.3 Å². The summed E-state index contributed by atoms with van der Waals surface area (Å²) >= 11 is 0. The Morgan fingerprint density at radius 1 is 0.957 bits per heavy atom. The van der Waals surface area contributed by atoms with Gasteiger partial charge in [0.25, 0.3) is 0 Å². The normalized spacial score (nSPS) is 31.7. The first-order chi connectivity index (χ1) is 11.1. The summed E-state index contributed by atoms with van der Waals surface area (Å²) in [4.78, 5) is 0. The predicted molar refractivity (Wildman–Crippen MR) is 95.7 cm³/mol. The van der Waals surface area contributed by atoms with Gasteiger partial charge in [-0.3, -0.25) is 0 Å². The summed E-state index contributed by atoms with van der Waals surface area (Å²) in [5.74, 6) is 2.60. The summed E-state index contributed by atoms with van der Waals surface area (Å²) in [5.41, 5.74) is 0. The Morgan fingerprint density at radius 2 is 1.57 bits per heavy atom. The molecular weight excluding hydrogens is 288 g/mol. The fourth-order valence-electron chi connectivity index (χ4n) is 3.63. The topological polar surface area (TPSA) is 42.5 Å². The largest absolute Gasteiger partial charge is 0.375 e. The van der Waals surface area contributed by atoms with Gasteiger partial charge >= 0.3 is 0 Å². The maximum absolute atomic E-state index is 6.07. The second kappa shape index (κ2) is 9.97. The van der Waals surface area contributed by atoms with Crippen molar-refractivity contribution >= 4 is 0 Å². The Bertz CT molecular complexity index is 324. The molecule has 0 bridgehead atoms. The van der Waals surface area contributed by atoms with E-state index < -0.39 is 0 Å². The number of hydrogen-bond donors (Lipinski definition) is 2. The van der Waals surface area contributed by atoms with Crippen LogP contribution < -0.4 is 10.6 Å². The molecule has 2 aliphatic heterocycles. The van der Waals surface area contributed by atoms with Crippen molar-refractivity contribution < 1.29 is 9.47 Å². The fourth-order valence-corrected chi connectivity index (χ4v) is 3.63. The van der Waals surface area contributed by atoms with E-state index in [2.05, 4.69) is 38.3 Å². The van der Waals surface area contributed by atoms with Crippen molar-refractivity contribution in [1.29, 1.82) is 0 Å². The molecular formula is C19H38N2O2. The van der Waals surface area contributed by atoms with Gasteiger partial charge in [0.1, 0.15) is 0 Å². The van der Waals surface area contributed by atoms with Crippen molar-refractivity contribution in [3.05, 3.63) is 0 Å². The summed E-state index contributed by atoms with van der Waals surface area (Å²) in [5, 5.41) is 7.17. The van der Waals surface area contributed by atoms with Gasteiger partial charge in [-0.1, -0.05) is 34.1 Å². The van der Waals surface area contributed by atoms with Crippen LogP contribution in [0.2, 0.25) is 0 Å². The van der Waals surface area contributed by atoms with Gasteiger partial charge in [-0.05, 0) is 37.8 Å². The highest BCUT2D eigenvalue weighted by atomic mass is 16.6. The molecule has 0 aliphatic carbocycles. The average molecular weight is 327 g/mol. The second-order valence-electron chi connectivity index (χ2n) is 8.03. The van der Waals surface area contributed by atoms with Gasteiger partial charge in [-0.15, -0.1) is 0 Å². The van der Waals surface area contributed by atoms with E-state index in [1.807, 2.05) is 0 Å². The molecule has 2 saturated heterocycles. The Labute approximate surface area is 143 Å². The molecule has 0 spiro atoms. The fraction of sp³-hybridized carbons (Fsp3) is 1.00. The third kappa shape index (κ3) is 6.00. The summed E-state index contributed by atoms with van der Waals surface area (Å²) in [6.07, 6.45) is 4.51. The zero-order valence-electron chi connectivity index (χ0n) is 15.6. The molecule has 5 unspecified atom stereocenters. The van der Waals surface area contributed by atoms with Gasteiger partial charge in [-0.2, -0.15) is 0 Å². The van der Waals surface area contributed by atoms with Crippen molar-refractivity contribution in [2.45, 2.75) is 59.2 Å². The SMILES string of the molecule is CCC(C)CCCNCC1COC2C(CNCC(C)C)COC12. The molecule has 2 fully saturated rings. The minimum absolute atomic E-state index is 0.307. The van der Waals surface area contributed by atoms with Crippen molar-refractivity contribution in [3.8, 4) is 0 Å². The van der Waals surface area contributed by atoms with Crippen LogP contribution in [0.4, 0.5) is 0 Å². The third-order valence-electron chi connectivity index (χ3n) is 5.37. The molecule has 2 aliphatic rings. The van der Waals surface area contributed by atoms with Crippen molar-refractivity contribution in [3.63, 3.8) is 0 Å². The van der Waals surface area contributed by atoms with Gasteiger partial charge in [0.2, 0.25) is 0 Å². The van der Waals surface area contributed by atoms with E-state index in [0.717, 1.165) is 45.3 Å². The van der Waals surface area contributed by atoms with Crippen molar-refractivity contribution in [2.24, 2.45) is 23.7 Å². The monoisotopic (exact) mass is 326 g/mol. The summed E-state index contributed by atoms with van der Waals surface area (Å²) in [7, 11) is 0. The zero-order valence-corrected chi connectivity index (χ0v) is 15.6. The quantitative estimate of drug-likeness (QED) is 0.573. The summed E-state index contributed by atoms with van der Waals surface area (Å²) < 4.78 is 12.1. The first-order valence-corrected chi connectivity index (χ1v) is 9.76. The molecule has 0 aromatic rings. The number of fused-ring (bicyclic) bond motifs is 1. The molecule has 2 heterocycles. The number of nitrogens with one attached hydrogen (secondary N) is 2. The first kappa shape index (κ1) is 19.2. The van der Waals surface area contributed by atoms with Crippen molar-refractivity contribution in [2.75, 3.05) is 39.4 Å². The maximum Gasteiger partial charge on any atom is 0.0903 e. The lowest BCUT2D eigenvalue weighted by molar-refractivity contribution is 0.0603. The van der Waals surface area contributed by atoms with Crippen LogP contribution in [0.3, 0.4) is 0 Å². The third-order valence-corrected chi connectivity index (χ3v) is 5.37. The van der Waals surface area contributed by atoms with Crippen LogP contribution >= 0.6 is 0 Å². The molecule has 0 aromatic heterocycles. The molecule has 0 radical (unpaired) electrons. The molecule has 2 N–H and O–H groups in total. The molecule has 23 heavy (non-hydrogen) atoms. The van der Waals surface area contributed by atoms with Crippen LogP contribution in [0.25, 0.3) is 0 Å². The lowest BCUT2D eigenvalue weighted by atomic mass is 9.96. The number of hydrogen-bond acceptors (Lipinski definition) is 4. The van der Waals surface area contributed by atoms with Crippen molar-refractivity contribution in [1.82, 2.24) is 10.6 Å². The van der Waals surface area contributed by atoms with E-state index in [9.17, 15) is 0 Å². The van der Waals surface area contributed by atoms with E-state index in [4.69, 9.17) is 9.47 Å². The van der Waals surface area contributed by atoms with E-state index >= 15 is 0 Å². The van der Waals surface area contributed by atoms with E-state index in [0.29, 0.717) is 30.0 Å². The smallest absolute Gasteiger partial charge is 0.0903 e. The molecule has 4 heteroatoms. The minimum atomic E-state index is 0.307. The molecule has 136 valence electrons. The molecule has 0 amide bonds. The summed E-state index contributed by atoms with van der Waals surface area (Å²) in [6.45, 7) is 15.1. The Morgan fingerprint density at radius 3 is 2.13 bits per heavy atom. The van der Waals surface area contributed by atoms with Gasteiger partial charge < -0.3 is 20.1 Å². The highest BCUT2D eigenvalue weighted by molar-refractivity contribution is 4.95. The van der Waals surface area contributed by atoms with Crippen LogP contribution in [-0.4, -0.2) is 51.6 Å².